The van der Waals surface area contributed by atoms with Crippen LogP contribution in [0.15, 0.2) is 34.3 Å². The second-order valence-electron chi connectivity index (χ2n) is 3.90. The van der Waals surface area contributed by atoms with Crippen LogP contribution in [0, 0.1) is 0 Å². The minimum atomic E-state index is -0.0985. The lowest BCUT2D eigenvalue weighted by Crippen LogP contribution is -2.04. The van der Waals surface area contributed by atoms with Crippen molar-refractivity contribution in [2.75, 3.05) is 0 Å². The van der Waals surface area contributed by atoms with Crippen LogP contribution in [0.3, 0.4) is 0 Å². The van der Waals surface area contributed by atoms with E-state index in [4.69, 9.17) is 51.1 Å². The maximum absolute atomic E-state index is 6.04. The van der Waals surface area contributed by atoms with E-state index in [0.717, 1.165) is 11.1 Å². The van der Waals surface area contributed by atoms with Crippen molar-refractivity contribution < 1.29 is 4.74 Å². The van der Waals surface area contributed by atoms with E-state index in [2.05, 4.69) is 0 Å². The molecule has 1 nitrogen and oxygen atoms in total. The molecule has 1 fully saturated rings. The predicted molar refractivity (Wildman–Crippen MR) is 71.8 cm³/mol. The van der Waals surface area contributed by atoms with E-state index in [0.29, 0.717) is 20.1 Å². The van der Waals surface area contributed by atoms with Crippen molar-refractivity contribution in [1.82, 2.24) is 0 Å². The first-order valence-corrected chi connectivity index (χ1v) is 6.47. The highest BCUT2D eigenvalue weighted by molar-refractivity contribution is 6.42. The highest BCUT2D eigenvalue weighted by Gasteiger charge is 2.47. The summed E-state index contributed by atoms with van der Waals surface area (Å²) in [6.07, 6.45) is 1.71. The molecule has 0 radical (unpaired) electrons. The van der Waals surface area contributed by atoms with Crippen LogP contribution in [0.1, 0.15) is 5.56 Å². The number of rotatable bonds is 1. The summed E-state index contributed by atoms with van der Waals surface area (Å²) in [5.74, 6) is 0. The molecule has 1 aromatic carbocycles. The number of ether oxygens (including phenoxy) is 1. The van der Waals surface area contributed by atoms with Crippen molar-refractivity contribution in [1.29, 1.82) is 0 Å². The number of hydrogen-bond acceptors (Lipinski definition) is 1. The van der Waals surface area contributed by atoms with Crippen LogP contribution in [0.4, 0.5) is 0 Å². The molecule has 88 valence electrons. The smallest absolute Gasteiger partial charge is 0.126 e. The Morgan fingerprint density at radius 1 is 0.941 bits per heavy atom. The van der Waals surface area contributed by atoms with E-state index in [1.807, 2.05) is 12.1 Å². The van der Waals surface area contributed by atoms with Gasteiger partial charge in [-0.3, -0.25) is 0 Å². The minimum Gasteiger partial charge on any atom is -0.358 e. The number of fused-ring (bicyclic) bond motifs is 1. The van der Waals surface area contributed by atoms with Gasteiger partial charge in [0.25, 0.3) is 0 Å². The molecular formula is C12H6Cl4O. The van der Waals surface area contributed by atoms with Crippen LogP contribution in [-0.2, 0) is 4.74 Å². The normalized spacial score (nSPS) is 26.7. The highest BCUT2D eigenvalue weighted by atomic mass is 35.5. The van der Waals surface area contributed by atoms with E-state index in [1.165, 1.54) is 0 Å². The summed E-state index contributed by atoms with van der Waals surface area (Å²) in [7, 11) is 0. The van der Waals surface area contributed by atoms with Gasteiger partial charge < -0.3 is 4.74 Å². The van der Waals surface area contributed by atoms with Gasteiger partial charge in [-0.1, -0.05) is 52.5 Å². The lowest BCUT2D eigenvalue weighted by atomic mass is 9.97. The summed E-state index contributed by atoms with van der Waals surface area (Å²) in [6.45, 7) is 0. The number of halogens is 4. The lowest BCUT2D eigenvalue weighted by Gasteiger charge is -2.10. The average Bonchev–Trinajstić information content (AvgIpc) is 3.08. The Balaban J connectivity index is 2.05. The van der Waals surface area contributed by atoms with Gasteiger partial charge in [0, 0.05) is 0 Å². The summed E-state index contributed by atoms with van der Waals surface area (Å²) in [4.78, 5) is 0. The fourth-order valence-electron chi connectivity index (χ4n) is 1.89. The third-order valence-corrected chi connectivity index (χ3v) is 4.38. The predicted octanol–water partition coefficient (Wildman–Crippen LogP) is 4.85. The molecule has 0 bridgehead atoms. The second kappa shape index (κ2) is 4.18. The van der Waals surface area contributed by atoms with Gasteiger partial charge in [0.15, 0.2) is 0 Å². The second-order valence-corrected chi connectivity index (χ2v) is 5.53. The molecule has 1 saturated heterocycles. The molecule has 17 heavy (non-hydrogen) atoms. The van der Waals surface area contributed by atoms with E-state index >= 15 is 0 Å². The molecule has 5 heteroatoms. The molecule has 2 unspecified atom stereocenters. The maximum atomic E-state index is 6.04. The number of allylic oxidation sites excluding steroid dienone is 2. The fraction of sp³-hybridized carbons (Fsp3) is 0.167. The molecule has 0 amide bonds. The van der Waals surface area contributed by atoms with Crippen LogP contribution in [-0.4, -0.2) is 12.2 Å². The summed E-state index contributed by atoms with van der Waals surface area (Å²) >= 11 is 23.9. The average molecular weight is 308 g/mol. The number of hydrogen-bond donors (Lipinski definition) is 0. The van der Waals surface area contributed by atoms with Gasteiger partial charge in [-0.05, 0) is 29.3 Å². The van der Waals surface area contributed by atoms with Crippen molar-refractivity contribution in [3.8, 4) is 0 Å². The van der Waals surface area contributed by atoms with Crippen LogP contribution in [0.5, 0.6) is 0 Å². The highest BCUT2D eigenvalue weighted by Crippen LogP contribution is 2.47. The molecule has 0 aromatic heterocycles. The first-order chi connectivity index (χ1) is 8.08. The largest absolute Gasteiger partial charge is 0.358 e. The molecule has 2 atom stereocenters. The summed E-state index contributed by atoms with van der Waals surface area (Å²) in [5, 5.41) is 2.13. The Morgan fingerprint density at radius 2 is 1.71 bits per heavy atom. The van der Waals surface area contributed by atoms with Crippen LogP contribution in [0.2, 0.25) is 10.0 Å². The standard InChI is InChI=1S/C12H6Cl4O/c13-7-2-1-5(3-8(7)14)6-4-9(15)10(16)12-11(6)17-12/h1-4,11-12H. The van der Waals surface area contributed by atoms with Crippen LogP contribution in [0.25, 0.3) is 5.57 Å². The molecule has 0 saturated carbocycles. The zero-order valence-electron chi connectivity index (χ0n) is 8.38. The Morgan fingerprint density at radius 3 is 2.41 bits per heavy atom. The van der Waals surface area contributed by atoms with E-state index < -0.39 is 0 Å². The maximum Gasteiger partial charge on any atom is 0.126 e. The third-order valence-electron chi connectivity index (χ3n) is 2.81. The van der Waals surface area contributed by atoms with Gasteiger partial charge in [-0.25, -0.2) is 0 Å². The molecule has 0 N–H and O–H groups in total. The van der Waals surface area contributed by atoms with Crippen molar-refractivity contribution >= 4 is 52.0 Å². The third kappa shape index (κ3) is 2.00. The van der Waals surface area contributed by atoms with E-state index in [9.17, 15) is 0 Å². The first-order valence-electron chi connectivity index (χ1n) is 4.95. The van der Waals surface area contributed by atoms with Gasteiger partial charge in [0.05, 0.1) is 20.1 Å². The Bertz CT molecular complexity index is 562. The van der Waals surface area contributed by atoms with E-state index in [1.54, 1.807) is 12.1 Å². The van der Waals surface area contributed by atoms with Gasteiger partial charge in [0.2, 0.25) is 0 Å². The fourth-order valence-corrected chi connectivity index (χ4v) is 2.63. The molecule has 1 aliphatic carbocycles. The minimum absolute atomic E-state index is 0.0118. The molecule has 3 rings (SSSR count). The summed E-state index contributed by atoms with van der Waals surface area (Å²) < 4.78 is 5.48. The van der Waals surface area contributed by atoms with Crippen molar-refractivity contribution in [2.45, 2.75) is 12.2 Å². The SMILES string of the molecule is ClC1=C(Cl)C2OC2C(c2ccc(Cl)c(Cl)c2)=C1. The molecule has 1 heterocycles. The van der Waals surface area contributed by atoms with Gasteiger partial charge >= 0.3 is 0 Å². The molecule has 1 aliphatic heterocycles. The van der Waals surface area contributed by atoms with Gasteiger partial charge in [-0.15, -0.1) is 0 Å². The Labute approximate surface area is 119 Å². The summed E-state index contributed by atoms with van der Waals surface area (Å²) in [5.41, 5.74) is 1.94. The molecule has 0 spiro atoms. The zero-order chi connectivity index (χ0) is 12.2. The lowest BCUT2D eigenvalue weighted by molar-refractivity contribution is 0.416. The Kier molecular flexibility index (Phi) is 2.92. The van der Waals surface area contributed by atoms with Crippen molar-refractivity contribution in [3.63, 3.8) is 0 Å². The monoisotopic (exact) mass is 306 g/mol. The quantitative estimate of drug-likeness (QED) is 0.676. The Hall–Kier alpha value is -0.180. The number of epoxide rings is 1. The molecular weight excluding hydrogens is 302 g/mol. The molecule has 2 aliphatic rings. The summed E-state index contributed by atoms with van der Waals surface area (Å²) in [6, 6.07) is 5.45. The van der Waals surface area contributed by atoms with Crippen molar-refractivity contribution in [2.24, 2.45) is 0 Å². The van der Waals surface area contributed by atoms with Gasteiger partial charge in [0.1, 0.15) is 12.2 Å². The van der Waals surface area contributed by atoms with Crippen LogP contribution < -0.4 is 0 Å². The van der Waals surface area contributed by atoms with Crippen molar-refractivity contribution in [3.05, 3.63) is 49.9 Å². The molecule has 1 aromatic rings. The zero-order valence-corrected chi connectivity index (χ0v) is 11.4. The van der Waals surface area contributed by atoms with Crippen LogP contribution >= 0.6 is 46.4 Å². The topological polar surface area (TPSA) is 12.5 Å². The first kappa shape index (κ1) is 11.9. The van der Waals surface area contributed by atoms with E-state index in [-0.39, 0.29) is 12.2 Å². The number of benzene rings is 1. The van der Waals surface area contributed by atoms with Gasteiger partial charge in [-0.2, -0.15) is 0 Å².